The zero-order valence-corrected chi connectivity index (χ0v) is 5.33. The van der Waals surface area contributed by atoms with Gasteiger partial charge in [-0.2, -0.15) is 0 Å². The summed E-state index contributed by atoms with van der Waals surface area (Å²) in [6.45, 7) is 0.536. The van der Waals surface area contributed by atoms with Gasteiger partial charge in [-0.05, 0) is 18.2 Å². The number of fused-ring (bicyclic) bond motifs is 1. The van der Waals surface area contributed by atoms with Crippen molar-refractivity contribution >= 4 is 5.78 Å². The van der Waals surface area contributed by atoms with Crippen LogP contribution in [0.15, 0.2) is 35.6 Å². The van der Waals surface area contributed by atoms with E-state index in [9.17, 15) is 4.79 Å². The number of carbonyl (C=O) groups is 1. The van der Waals surface area contributed by atoms with E-state index >= 15 is 0 Å². The SMILES string of the molecule is O=C1C=CC=C2OCC=C12. The molecule has 0 saturated heterocycles. The van der Waals surface area contributed by atoms with E-state index in [0.29, 0.717) is 17.9 Å². The second-order valence-electron chi connectivity index (χ2n) is 2.18. The summed E-state index contributed by atoms with van der Waals surface area (Å²) in [5, 5.41) is 0. The number of rotatable bonds is 0. The molecule has 1 heterocycles. The number of allylic oxidation sites excluding steroid dienone is 4. The highest BCUT2D eigenvalue weighted by atomic mass is 16.5. The van der Waals surface area contributed by atoms with E-state index in [4.69, 9.17) is 4.74 Å². The van der Waals surface area contributed by atoms with Crippen molar-refractivity contribution in [1.29, 1.82) is 0 Å². The highest BCUT2D eigenvalue weighted by Gasteiger charge is 2.19. The fourth-order valence-corrected chi connectivity index (χ4v) is 1.07. The van der Waals surface area contributed by atoms with Crippen LogP contribution in [-0.4, -0.2) is 12.4 Å². The predicted octanol–water partition coefficient (Wildman–Crippen LogP) is 0.966. The maximum Gasteiger partial charge on any atom is 0.189 e. The third kappa shape index (κ3) is 0.620. The fraction of sp³-hybridized carbons (Fsp3) is 0.125. The van der Waals surface area contributed by atoms with Crippen LogP contribution in [0.1, 0.15) is 0 Å². The highest BCUT2D eigenvalue weighted by molar-refractivity contribution is 6.08. The van der Waals surface area contributed by atoms with E-state index in [1.54, 1.807) is 24.3 Å². The molecular formula is C8H6O2. The molecule has 0 atom stereocenters. The summed E-state index contributed by atoms with van der Waals surface area (Å²) in [6, 6.07) is 0. The molecule has 0 aromatic carbocycles. The van der Waals surface area contributed by atoms with Gasteiger partial charge < -0.3 is 4.74 Å². The Morgan fingerprint density at radius 1 is 1.50 bits per heavy atom. The van der Waals surface area contributed by atoms with Gasteiger partial charge in [0.15, 0.2) is 5.78 Å². The van der Waals surface area contributed by atoms with Gasteiger partial charge in [-0.1, -0.05) is 6.08 Å². The molecule has 2 heteroatoms. The monoisotopic (exact) mass is 134 g/mol. The first-order chi connectivity index (χ1) is 4.88. The van der Waals surface area contributed by atoms with E-state index in [1.807, 2.05) is 0 Å². The van der Waals surface area contributed by atoms with E-state index in [-0.39, 0.29) is 5.78 Å². The predicted molar refractivity (Wildman–Crippen MR) is 36.3 cm³/mol. The molecule has 50 valence electrons. The second kappa shape index (κ2) is 1.84. The van der Waals surface area contributed by atoms with Gasteiger partial charge in [0.2, 0.25) is 0 Å². The maximum absolute atomic E-state index is 11.0. The standard InChI is InChI=1S/C8H6O2/c9-7-2-1-3-8-6(7)4-5-10-8/h1-4H,5H2. The lowest BCUT2D eigenvalue weighted by Gasteiger charge is -2.03. The molecule has 0 fully saturated rings. The zero-order chi connectivity index (χ0) is 6.97. The molecule has 0 amide bonds. The van der Waals surface area contributed by atoms with Crippen LogP contribution >= 0.6 is 0 Å². The summed E-state index contributed by atoms with van der Waals surface area (Å²) in [5.41, 5.74) is 0.711. The minimum Gasteiger partial charge on any atom is -0.489 e. The van der Waals surface area contributed by atoms with Crippen molar-refractivity contribution in [2.24, 2.45) is 0 Å². The van der Waals surface area contributed by atoms with Crippen LogP contribution in [0, 0.1) is 0 Å². The highest BCUT2D eigenvalue weighted by Crippen LogP contribution is 2.22. The summed E-state index contributed by atoms with van der Waals surface area (Å²) >= 11 is 0. The lowest BCUT2D eigenvalue weighted by Crippen LogP contribution is -2.01. The van der Waals surface area contributed by atoms with Gasteiger partial charge in [-0.3, -0.25) is 4.79 Å². The van der Waals surface area contributed by atoms with Crippen molar-refractivity contribution in [2.75, 3.05) is 6.61 Å². The summed E-state index contributed by atoms with van der Waals surface area (Å²) < 4.78 is 5.12. The molecule has 0 radical (unpaired) electrons. The molecule has 2 rings (SSSR count). The van der Waals surface area contributed by atoms with Gasteiger partial charge in [-0.25, -0.2) is 0 Å². The molecule has 0 unspecified atom stereocenters. The summed E-state index contributed by atoms with van der Waals surface area (Å²) in [6.07, 6.45) is 6.86. The normalized spacial score (nSPS) is 21.4. The summed E-state index contributed by atoms with van der Waals surface area (Å²) in [5.74, 6) is 0.766. The molecule has 2 aliphatic rings. The Balaban J connectivity index is 2.48. The molecule has 0 saturated carbocycles. The van der Waals surface area contributed by atoms with Crippen molar-refractivity contribution in [3.8, 4) is 0 Å². The second-order valence-corrected chi connectivity index (χ2v) is 2.18. The first-order valence-electron chi connectivity index (χ1n) is 3.14. The number of ketones is 1. The first kappa shape index (κ1) is 5.47. The van der Waals surface area contributed by atoms with Gasteiger partial charge in [-0.15, -0.1) is 0 Å². The van der Waals surface area contributed by atoms with E-state index in [2.05, 4.69) is 0 Å². The lowest BCUT2D eigenvalue weighted by atomic mass is 10.1. The first-order valence-corrected chi connectivity index (χ1v) is 3.14. The van der Waals surface area contributed by atoms with Crippen molar-refractivity contribution < 1.29 is 9.53 Å². The van der Waals surface area contributed by atoms with Gasteiger partial charge in [0.05, 0.1) is 5.57 Å². The third-order valence-electron chi connectivity index (χ3n) is 1.55. The lowest BCUT2D eigenvalue weighted by molar-refractivity contribution is -0.111. The minimum atomic E-state index is 0.0509. The quantitative estimate of drug-likeness (QED) is 0.493. The van der Waals surface area contributed by atoms with Crippen LogP contribution in [0.4, 0.5) is 0 Å². The average Bonchev–Trinajstić information content (AvgIpc) is 2.36. The summed E-state index contributed by atoms with van der Waals surface area (Å²) in [4.78, 5) is 11.0. The Morgan fingerprint density at radius 2 is 2.40 bits per heavy atom. The number of hydrogen-bond donors (Lipinski definition) is 0. The Kier molecular flexibility index (Phi) is 1.01. The smallest absolute Gasteiger partial charge is 0.189 e. The van der Waals surface area contributed by atoms with E-state index in [1.165, 1.54) is 0 Å². The minimum absolute atomic E-state index is 0.0509. The molecule has 10 heavy (non-hydrogen) atoms. The Morgan fingerprint density at radius 3 is 3.20 bits per heavy atom. The Hall–Kier alpha value is -1.31. The van der Waals surface area contributed by atoms with E-state index in [0.717, 1.165) is 0 Å². The van der Waals surface area contributed by atoms with Crippen LogP contribution in [0.25, 0.3) is 0 Å². The van der Waals surface area contributed by atoms with Crippen LogP contribution in [0.3, 0.4) is 0 Å². The average molecular weight is 134 g/mol. The Bertz CT molecular complexity index is 269. The van der Waals surface area contributed by atoms with Crippen LogP contribution < -0.4 is 0 Å². The fourth-order valence-electron chi connectivity index (χ4n) is 1.07. The summed E-state index contributed by atoms with van der Waals surface area (Å²) in [7, 11) is 0. The van der Waals surface area contributed by atoms with Crippen LogP contribution in [-0.2, 0) is 9.53 Å². The number of carbonyl (C=O) groups excluding carboxylic acids is 1. The molecular weight excluding hydrogens is 128 g/mol. The van der Waals surface area contributed by atoms with Gasteiger partial charge in [0.1, 0.15) is 12.4 Å². The van der Waals surface area contributed by atoms with Gasteiger partial charge >= 0.3 is 0 Å². The topological polar surface area (TPSA) is 26.3 Å². The molecule has 0 spiro atoms. The van der Waals surface area contributed by atoms with Crippen molar-refractivity contribution in [3.63, 3.8) is 0 Å². The van der Waals surface area contributed by atoms with Crippen molar-refractivity contribution in [1.82, 2.24) is 0 Å². The van der Waals surface area contributed by atoms with Crippen LogP contribution in [0.2, 0.25) is 0 Å². The zero-order valence-electron chi connectivity index (χ0n) is 5.33. The van der Waals surface area contributed by atoms with Gasteiger partial charge in [0.25, 0.3) is 0 Å². The molecule has 1 aliphatic heterocycles. The third-order valence-corrected chi connectivity index (χ3v) is 1.55. The van der Waals surface area contributed by atoms with E-state index < -0.39 is 0 Å². The molecule has 0 bridgehead atoms. The molecule has 2 nitrogen and oxygen atoms in total. The van der Waals surface area contributed by atoms with Crippen molar-refractivity contribution in [2.45, 2.75) is 0 Å². The number of ether oxygens (including phenoxy) is 1. The van der Waals surface area contributed by atoms with Crippen LogP contribution in [0.5, 0.6) is 0 Å². The Labute approximate surface area is 58.5 Å². The maximum atomic E-state index is 11.0. The van der Waals surface area contributed by atoms with Crippen molar-refractivity contribution in [3.05, 3.63) is 35.6 Å². The molecule has 0 aromatic rings. The molecule has 0 aromatic heterocycles. The molecule has 1 aliphatic carbocycles. The number of hydrogen-bond acceptors (Lipinski definition) is 2. The molecule has 0 N–H and O–H groups in total. The van der Waals surface area contributed by atoms with Gasteiger partial charge in [0, 0.05) is 0 Å². The largest absolute Gasteiger partial charge is 0.489 e.